The van der Waals surface area contributed by atoms with Gasteiger partial charge in [-0.15, -0.1) is 0 Å². The van der Waals surface area contributed by atoms with Gasteiger partial charge in [-0.1, -0.05) is 0 Å². The molecule has 0 atom stereocenters. The maximum absolute atomic E-state index is 5.80. The van der Waals surface area contributed by atoms with Crippen molar-refractivity contribution >= 4 is 16.8 Å². The summed E-state index contributed by atoms with van der Waals surface area (Å²) in [6.07, 6.45) is 3.59. The molecule has 0 saturated heterocycles. The average molecular weight is 178 g/mol. The van der Waals surface area contributed by atoms with Crippen LogP contribution in [0.5, 0.6) is 0 Å². The summed E-state index contributed by atoms with van der Waals surface area (Å²) in [6, 6.07) is 1.94. The second kappa shape index (κ2) is 2.31. The summed E-state index contributed by atoms with van der Waals surface area (Å²) >= 11 is 0. The highest BCUT2D eigenvalue weighted by Crippen LogP contribution is 2.29. The number of nitrogens with zero attached hydrogens (tertiary/aromatic N) is 1. The molecule has 2 rings (SSSR count). The molecule has 0 saturated carbocycles. The molecule has 3 heteroatoms. The van der Waals surface area contributed by atoms with Crippen LogP contribution in [0.2, 0.25) is 0 Å². The van der Waals surface area contributed by atoms with E-state index >= 15 is 0 Å². The first kappa shape index (κ1) is 8.23. The van der Waals surface area contributed by atoms with Crippen molar-refractivity contribution in [3.05, 3.63) is 18.5 Å². The van der Waals surface area contributed by atoms with Crippen molar-refractivity contribution < 1.29 is 4.42 Å². The van der Waals surface area contributed by atoms with Gasteiger partial charge < -0.3 is 14.7 Å². The van der Waals surface area contributed by atoms with Gasteiger partial charge in [-0.05, 0) is 26.8 Å². The summed E-state index contributed by atoms with van der Waals surface area (Å²) in [5.74, 6) is 0. The number of aromatic nitrogens is 1. The molecule has 0 aromatic carbocycles. The maximum Gasteiger partial charge on any atom is 0.153 e. The fourth-order valence-electron chi connectivity index (χ4n) is 1.53. The topological polar surface area (TPSA) is 44.1 Å². The van der Waals surface area contributed by atoms with E-state index in [-0.39, 0.29) is 5.54 Å². The smallest absolute Gasteiger partial charge is 0.153 e. The molecule has 3 nitrogen and oxygen atoms in total. The van der Waals surface area contributed by atoms with Crippen LogP contribution in [-0.2, 0) is 5.54 Å². The highest BCUT2D eigenvalue weighted by atomic mass is 16.3. The van der Waals surface area contributed by atoms with Gasteiger partial charge in [0.15, 0.2) is 5.58 Å². The van der Waals surface area contributed by atoms with E-state index in [2.05, 4.69) is 25.3 Å². The number of hydrogen-bond donors (Lipinski definition) is 1. The van der Waals surface area contributed by atoms with Crippen LogP contribution in [0.1, 0.15) is 20.8 Å². The molecule has 2 heterocycles. The monoisotopic (exact) mass is 178 g/mol. The lowest BCUT2D eigenvalue weighted by Crippen LogP contribution is -2.20. The van der Waals surface area contributed by atoms with Gasteiger partial charge in [0, 0.05) is 11.7 Å². The zero-order chi connectivity index (χ0) is 9.64. The Morgan fingerprint density at radius 3 is 2.69 bits per heavy atom. The molecule has 0 aliphatic carbocycles. The number of nitrogens with two attached hydrogens (primary N) is 1. The summed E-state index contributed by atoms with van der Waals surface area (Å²) < 4.78 is 7.40. The van der Waals surface area contributed by atoms with E-state index in [4.69, 9.17) is 10.2 Å². The van der Waals surface area contributed by atoms with Crippen LogP contribution < -0.4 is 5.73 Å². The Morgan fingerprint density at radius 1 is 1.38 bits per heavy atom. The van der Waals surface area contributed by atoms with Crippen molar-refractivity contribution in [2.24, 2.45) is 0 Å². The highest BCUT2D eigenvalue weighted by Gasteiger charge is 2.18. The van der Waals surface area contributed by atoms with Gasteiger partial charge in [0.25, 0.3) is 0 Å². The van der Waals surface area contributed by atoms with Gasteiger partial charge in [-0.25, -0.2) is 0 Å². The number of furan rings is 1. The lowest BCUT2D eigenvalue weighted by atomic mass is 10.1. The molecule has 0 aliphatic heterocycles. The van der Waals surface area contributed by atoms with Crippen molar-refractivity contribution in [3.63, 3.8) is 0 Å². The fraction of sp³-hybridized carbons (Fsp3) is 0.400. The SMILES string of the molecule is CC(C)(C)n1ccc2occ(N)c21. The molecule has 2 aromatic rings. The molecule has 0 fully saturated rings. The number of fused-ring (bicyclic) bond motifs is 1. The molecular weight excluding hydrogens is 164 g/mol. The first-order chi connectivity index (χ1) is 6.00. The summed E-state index contributed by atoms with van der Waals surface area (Å²) in [6.45, 7) is 6.41. The third-order valence-corrected chi connectivity index (χ3v) is 2.16. The Labute approximate surface area is 77.1 Å². The Bertz CT molecular complexity index is 431. The van der Waals surface area contributed by atoms with E-state index in [1.165, 1.54) is 0 Å². The second-order valence-electron chi connectivity index (χ2n) is 4.26. The molecule has 0 amide bonds. The summed E-state index contributed by atoms with van der Waals surface area (Å²) in [5, 5.41) is 0. The van der Waals surface area contributed by atoms with Gasteiger partial charge in [0.2, 0.25) is 0 Å². The zero-order valence-corrected chi connectivity index (χ0v) is 8.16. The van der Waals surface area contributed by atoms with Gasteiger partial charge in [0.1, 0.15) is 11.8 Å². The summed E-state index contributed by atoms with van der Waals surface area (Å²) in [5.41, 5.74) is 8.40. The molecule has 2 aromatic heterocycles. The largest absolute Gasteiger partial charge is 0.460 e. The van der Waals surface area contributed by atoms with Crippen molar-refractivity contribution in [2.45, 2.75) is 26.3 Å². The van der Waals surface area contributed by atoms with Gasteiger partial charge in [0.05, 0.1) is 5.69 Å². The van der Waals surface area contributed by atoms with E-state index < -0.39 is 0 Å². The van der Waals surface area contributed by atoms with E-state index in [9.17, 15) is 0 Å². The minimum atomic E-state index is 0.0414. The highest BCUT2D eigenvalue weighted by molar-refractivity contribution is 5.86. The molecule has 70 valence electrons. The third-order valence-electron chi connectivity index (χ3n) is 2.16. The van der Waals surface area contributed by atoms with E-state index in [0.717, 1.165) is 11.1 Å². The minimum Gasteiger partial charge on any atom is -0.460 e. The van der Waals surface area contributed by atoms with Gasteiger partial charge in [-0.2, -0.15) is 0 Å². The van der Waals surface area contributed by atoms with Crippen molar-refractivity contribution in [1.29, 1.82) is 0 Å². The van der Waals surface area contributed by atoms with Crippen molar-refractivity contribution in [2.75, 3.05) is 5.73 Å². The van der Waals surface area contributed by atoms with E-state index in [1.807, 2.05) is 12.3 Å². The first-order valence-corrected chi connectivity index (χ1v) is 4.34. The van der Waals surface area contributed by atoms with E-state index in [0.29, 0.717) is 5.69 Å². The van der Waals surface area contributed by atoms with Crippen LogP contribution in [0.15, 0.2) is 22.9 Å². The van der Waals surface area contributed by atoms with E-state index in [1.54, 1.807) is 6.26 Å². The van der Waals surface area contributed by atoms with Crippen LogP contribution in [0.4, 0.5) is 5.69 Å². The van der Waals surface area contributed by atoms with Gasteiger partial charge >= 0.3 is 0 Å². The number of hydrogen-bond acceptors (Lipinski definition) is 2. The Balaban J connectivity index is 2.76. The molecular formula is C10H14N2O. The summed E-state index contributed by atoms with van der Waals surface area (Å²) in [7, 11) is 0. The van der Waals surface area contributed by atoms with Crippen molar-refractivity contribution in [3.8, 4) is 0 Å². The maximum atomic E-state index is 5.80. The third kappa shape index (κ3) is 1.11. The van der Waals surface area contributed by atoms with Crippen LogP contribution in [0.25, 0.3) is 11.1 Å². The van der Waals surface area contributed by atoms with Gasteiger partial charge in [-0.3, -0.25) is 0 Å². The van der Waals surface area contributed by atoms with Crippen LogP contribution in [-0.4, -0.2) is 4.57 Å². The average Bonchev–Trinajstić information content (AvgIpc) is 2.51. The van der Waals surface area contributed by atoms with Crippen LogP contribution in [0, 0.1) is 0 Å². The number of rotatable bonds is 0. The molecule has 2 N–H and O–H groups in total. The molecule has 0 radical (unpaired) electrons. The lowest BCUT2D eigenvalue weighted by molar-refractivity contribution is 0.411. The predicted molar refractivity (Wildman–Crippen MR) is 53.6 cm³/mol. The fourth-order valence-corrected chi connectivity index (χ4v) is 1.53. The van der Waals surface area contributed by atoms with Crippen molar-refractivity contribution in [1.82, 2.24) is 4.57 Å². The Hall–Kier alpha value is -1.38. The van der Waals surface area contributed by atoms with Crippen LogP contribution >= 0.6 is 0 Å². The Kier molecular flexibility index (Phi) is 1.46. The predicted octanol–water partition coefficient (Wildman–Crippen LogP) is 2.57. The minimum absolute atomic E-state index is 0.0414. The zero-order valence-electron chi connectivity index (χ0n) is 8.16. The number of anilines is 1. The molecule has 0 bridgehead atoms. The van der Waals surface area contributed by atoms with Crippen LogP contribution in [0.3, 0.4) is 0 Å². The standard InChI is InChI=1S/C10H14N2O/c1-10(2,3)12-5-4-8-9(12)7(11)6-13-8/h4-6H,11H2,1-3H3. The molecule has 13 heavy (non-hydrogen) atoms. The normalized spacial score (nSPS) is 12.5. The Morgan fingerprint density at radius 2 is 2.08 bits per heavy atom. The lowest BCUT2D eigenvalue weighted by Gasteiger charge is -2.22. The first-order valence-electron chi connectivity index (χ1n) is 4.34. The molecule has 0 aliphatic rings. The second-order valence-corrected chi connectivity index (χ2v) is 4.26. The number of nitrogen functional groups attached to an aromatic ring is 1. The molecule has 0 spiro atoms. The molecule has 0 unspecified atom stereocenters. The summed E-state index contributed by atoms with van der Waals surface area (Å²) in [4.78, 5) is 0. The quantitative estimate of drug-likeness (QED) is 0.673.